The molecule has 5 nitrogen and oxygen atoms in total. The van der Waals surface area contributed by atoms with Crippen molar-refractivity contribution in [2.45, 2.75) is 13.0 Å². The third-order valence-corrected chi connectivity index (χ3v) is 3.97. The van der Waals surface area contributed by atoms with Crippen LogP contribution in [0.15, 0.2) is 36.5 Å². The lowest BCUT2D eigenvalue weighted by atomic mass is 9.99. The van der Waals surface area contributed by atoms with Gasteiger partial charge in [-0.1, -0.05) is 37.3 Å². The molecule has 2 N–H and O–H groups in total. The summed E-state index contributed by atoms with van der Waals surface area (Å²) in [5, 5.41) is 18.8. The Hall–Kier alpha value is -2.05. The fourth-order valence-electron chi connectivity index (χ4n) is 1.68. The molecule has 1 aromatic carbocycles. The SMILES string of the molecule is CC(C(=O)c1cnc(-c2ccccc2)s1)C(O)C(=O)O. The van der Waals surface area contributed by atoms with Crippen LogP contribution in [0.3, 0.4) is 0 Å². The Morgan fingerprint density at radius 2 is 1.90 bits per heavy atom. The predicted molar refractivity (Wildman–Crippen MR) is 74.7 cm³/mol. The molecule has 20 heavy (non-hydrogen) atoms. The lowest BCUT2D eigenvalue weighted by Crippen LogP contribution is -2.32. The lowest BCUT2D eigenvalue weighted by molar-refractivity contribution is -0.148. The molecule has 0 aliphatic carbocycles. The topological polar surface area (TPSA) is 87.5 Å². The molecule has 0 aliphatic heterocycles. The number of hydrogen-bond acceptors (Lipinski definition) is 5. The monoisotopic (exact) mass is 291 g/mol. The second kappa shape index (κ2) is 5.94. The third-order valence-electron chi connectivity index (χ3n) is 2.91. The zero-order chi connectivity index (χ0) is 14.7. The molecular weight excluding hydrogens is 278 g/mol. The highest BCUT2D eigenvalue weighted by Gasteiger charge is 2.29. The summed E-state index contributed by atoms with van der Waals surface area (Å²) in [6, 6.07) is 9.38. The molecule has 2 unspecified atom stereocenters. The minimum Gasteiger partial charge on any atom is -0.479 e. The van der Waals surface area contributed by atoms with E-state index in [1.807, 2.05) is 30.3 Å². The Kier molecular flexibility index (Phi) is 4.26. The van der Waals surface area contributed by atoms with E-state index in [1.165, 1.54) is 24.5 Å². The molecule has 2 aromatic rings. The van der Waals surface area contributed by atoms with Gasteiger partial charge < -0.3 is 10.2 Å². The summed E-state index contributed by atoms with van der Waals surface area (Å²) >= 11 is 1.19. The fourth-order valence-corrected chi connectivity index (χ4v) is 2.64. The van der Waals surface area contributed by atoms with Crippen LogP contribution < -0.4 is 0 Å². The maximum atomic E-state index is 12.1. The van der Waals surface area contributed by atoms with Gasteiger partial charge in [0.25, 0.3) is 0 Å². The molecule has 0 amide bonds. The first-order chi connectivity index (χ1) is 9.50. The first kappa shape index (κ1) is 14.4. The number of carboxylic acid groups (broad SMARTS) is 1. The maximum Gasteiger partial charge on any atom is 0.333 e. The number of hydrogen-bond donors (Lipinski definition) is 2. The van der Waals surface area contributed by atoms with E-state index in [0.29, 0.717) is 9.88 Å². The van der Waals surface area contributed by atoms with Crippen molar-refractivity contribution in [1.82, 2.24) is 4.98 Å². The van der Waals surface area contributed by atoms with Gasteiger partial charge in [0.05, 0.1) is 10.8 Å². The molecule has 0 fully saturated rings. The second-order valence-electron chi connectivity index (χ2n) is 4.33. The van der Waals surface area contributed by atoms with Crippen LogP contribution in [0, 0.1) is 5.92 Å². The number of Topliss-reactive ketones (excluding diaryl/α,β-unsaturated/α-hetero) is 1. The van der Waals surface area contributed by atoms with Crippen LogP contribution in [0.4, 0.5) is 0 Å². The Morgan fingerprint density at radius 3 is 2.50 bits per heavy atom. The van der Waals surface area contributed by atoms with E-state index in [1.54, 1.807) is 0 Å². The number of aliphatic hydroxyl groups excluding tert-OH is 1. The zero-order valence-electron chi connectivity index (χ0n) is 10.7. The normalized spacial score (nSPS) is 13.7. The number of benzene rings is 1. The highest BCUT2D eigenvalue weighted by atomic mass is 32.1. The van der Waals surface area contributed by atoms with Crippen LogP contribution in [0.1, 0.15) is 16.6 Å². The quantitative estimate of drug-likeness (QED) is 0.823. The largest absolute Gasteiger partial charge is 0.479 e. The summed E-state index contributed by atoms with van der Waals surface area (Å²) in [4.78, 5) is 27.3. The molecule has 0 radical (unpaired) electrons. The second-order valence-corrected chi connectivity index (χ2v) is 5.36. The first-order valence-electron chi connectivity index (χ1n) is 5.97. The molecule has 1 heterocycles. The highest BCUT2D eigenvalue weighted by molar-refractivity contribution is 7.17. The van der Waals surface area contributed by atoms with Crippen molar-refractivity contribution in [2.75, 3.05) is 0 Å². The van der Waals surface area contributed by atoms with E-state index in [2.05, 4.69) is 4.98 Å². The summed E-state index contributed by atoms with van der Waals surface area (Å²) in [6.07, 6.45) is -0.287. The van der Waals surface area contributed by atoms with Gasteiger partial charge in [0.2, 0.25) is 0 Å². The molecule has 0 spiro atoms. The molecule has 6 heteroatoms. The average Bonchev–Trinajstić information content (AvgIpc) is 2.95. The summed E-state index contributed by atoms with van der Waals surface area (Å²) in [5.41, 5.74) is 0.892. The number of carbonyl (C=O) groups excluding carboxylic acids is 1. The molecule has 0 saturated carbocycles. The Labute approximate surface area is 119 Å². The molecule has 104 valence electrons. The van der Waals surface area contributed by atoms with E-state index in [4.69, 9.17) is 5.11 Å². The van der Waals surface area contributed by atoms with Crippen molar-refractivity contribution in [1.29, 1.82) is 0 Å². The number of aliphatic carboxylic acids is 1. The molecule has 0 aliphatic rings. The molecule has 2 rings (SSSR count). The van der Waals surface area contributed by atoms with Gasteiger partial charge in [0, 0.05) is 11.8 Å². The Balaban J connectivity index is 2.21. The summed E-state index contributed by atoms with van der Waals surface area (Å²) in [6.45, 7) is 1.39. The first-order valence-corrected chi connectivity index (χ1v) is 6.78. The van der Waals surface area contributed by atoms with Crippen LogP contribution >= 0.6 is 11.3 Å². The Morgan fingerprint density at radius 1 is 1.25 bits per heavy atom. The van der Waals surface area contributed by atoms with Gasteiger partial charge in [0.15, 0.2) is 11.9 Å². The van der Waals surface area contributed by atoms with Crippen molar-refractivity contribution < 1.29 is 19.8 Å². The number of carbonyl (C=O) groups is 2. The van der Waals surface area contributed by atoms with E-state index in [-0.39, 0.29) is 0 Å². The molecular formula is C14H13NO4S. The van der Waals surface area contributed by atoms with Crippen LogP contribution in [0.25, 0.3) is 10.6 Å². The summed E-state index contributed by atoms with van der Waals surface area (Å²) in [5.74, 6) is -2.82. The van der Waals surface area contributed by atoms with Crippen molar-refractivity contribution in [2.24, 2.45) is 5.92 Å². The number of rotatable bonds is 5. The van der Waals surface area contributed by atoms with Crippen molar-refractivity contribution >= 4 is 23.1 Å². The van der Waals surface area contributed by atoms with E-state index in [0.717, 1.165) is 5.56 Å². The van der Waals surface area contributed by atoms with E-state index >= 15 is 0 Å². The van der Waals surface area contributed by atoms with Crippen molar-refractivity contribution in [3.8, 4) is 10.6 Å². The summed E-state index contributed by atoms with van der Waals surface area (Å²) in [7, 11) is 0. The number of aliphatic hydroxyl groups is 1. The molecule has 1 aromatic heterocycles. The number of carboxylic acids is 1. The molecule has 2 atom stereocenters. The van der Waals surface area contributed by atoms with Crippen molar-refractivity contribution in [3.63, 3.8) is 0 Å². The van der Waals surface area contributed by atoms with Gasteiger partial charge in [-0.2, -0.15) is 0 Å². The number of thiazole rings is 1. The predicted octanol–water partition coefficient (Wildman–Crippen LogP) is 2.07. The maximum absolute atomic E-state index is 12.1. The van der Waals surface area contributed by atoms with Crippen LogP contribution in [-0.4, -0.2) is 33.1 Å². The average molecular weight is 291 g/mol. The van der Waals surface area contributed by atoms with Crippen molar-refractivity contribution in [3.05, 3.63) is 41.4 Å². The van der Waals surface area contributed by atoms with Crippen LogP contribution in [0.5, 0.6) is 0 Å². The molecule has 0 bridgehead atoms. The fraction of sp³-hybridized carbons (Fsp3) is 0.214. The standard InChI is InChI=1S/C14H13NO4S/c1-8(12(17)14(18)19)11(16)10-7-15-13(20-10)9-5-3-2-4-6-9/h2-8,12,17H,1H3,(H,18,19). The van der Waals surface area contributed by atoms with Gasteiger partial charge in [-0.3, -0.25) is 4.79 Å². The van der Waals surface area contributed by atoms with Gasteiger partial charge in [-0.15, -0.1) is 11.3 Å². The van der Waals surface area contributed by atoms with E-state index < -0.39 is 23.8 Å². The van der Waals surface area contributed by atoms with Gasteiger partial charge in [-0.05, 0) is 0 Å². The Bertz CT molecular complexity index is 623. The third kappa shape index (κ3) is 2.92. The van der Waals surface area contributed by atoms with Crippen LogP contribution in [0.2, 0.25) is 0 Å². The minimum atomic E-state index is -1.70. The molecule has 0 saturated heterocycles. The number of nitrogens with zero attached hydrogens (tertiary/aromatic N) is 1. The summed E-state index contributed by atoms with van der Waals surface area (Å²) < 4.78 is 0. The number of aromatic nitrogens is 1. The van der Waals surface area contributed by atoms with Gasteiger partial charge in [-0.25, -0.2) is 9.78 Å². The van der Waals surface area contributed by atoms with Crippen LogP contribution in [-0.2, 0) is 4.79 Å². The zero-order valence-corrected chi connectivity index (χ0v) is 11.5. The minimum absolute atomic E-state index is 0.344. The van der Waals surface area contributed by atoms with Gasteiger partial charge in [0.1, 0.15) is 5.01 Å². The smallest absolute Gasteiger partial charge is 0.333 e. The van der Waals surface area contributed by atoms with E-state index in [9.17, 15) is 14.7 Å². The lowest BCUT2D eigenvalue weighted by Gasteiger charge is -2.11. The highest BCUT2D eigenvalue weighted by Crippen LogP contribution is 2.27. The van der Waals surface area contributed by atoms with Gasteiger partial charge >= 0.3 is 5.97 Å². The number of ketones is 1.